The first kappa shape index (κ1) is 8.00. The highest BCUT2D eigenvalue weighted by atomic mass is 16.1. The van der Waals surface area contributed by atoms with E-state index in [0.29, 0.717) is 0 Å². The third-order valence-electron chi connectivity index (χ3n) is 2.13. The van der Waals surface area contributed by atoms with E-state index in [4.69, 9.17) is 5.26 Å². The van der Waals surface area contributed by atoms with E-state index in [-0.39, 0.29) is 11.7 Å². The van der Waals surface area contributed by atoms with Crippen LogP contribution in [0.2, 0.25) is 0 Å². The lowest BCUT2D eigenvalue weighted by atomic mass is 9.88. The van der Waals surface area contributed by atoms with Crippen molar-refractivity contribution in [1.82, 2.24) is 0 Å². The molecule has 58 valence electrons. The van der Waals surface area contributed by atoms with Gasteiger partial charge in [0.05, 0.1) is 6.07 Å². The van der Waals surface area contributed by atoms with Gasteiger partial charge in [-0.15, -0.1) is 0 Å². The van der Waals surface area contributed by atoms with E-state index >= 15 is 0 Å². The zero-order chi connectivity index (χ0) is 8.27. The van der Waals surface area contributed by atoms with Gasteiger partial charge in [-0.3, -0.25) is 4.79 Å². The summed E-state index contributed by atoms with van der Waals surface area (Å²) in [6.07, 6.45) is 4.28. The van der Waals surface area contributed by atoms with E-state index < -0.39 is 0 Å². The number of nitriles is 1. The van der Waals surface area contributed by atoms with Crippen LogP contribution in [-0.4, -0.2) is 5.78 Å². The lowest BCUT2D eigenvalue weighted by molar-refractivity contribution is -0.120. The topological polar surface area (TPSA) is 40.9 Å². The minimum atomic E-state index is 0.173. The Labute approximate surface area is 66.5 Å². The Morgan fingerprint density at radius 3 is 2.91 bits per heavy atom. The van der Waals surface area contributed by atoms with Gasteiger partial charge in [-0.2, -0.15) is 5.26 Å². The molecule has 0 unspecified atom stereocenters. The van der Waals surface area contributed by atoms with Crippen LogP contribution in [0.4, 0.5) is 0 Å². The molecule has 1 rings (SSSR count). The average Bonchev–Trinajstić information content (AvgIpc) is 2.05. The molecule has 0 aromatic carbocycles. The number of Topliss-reactive ketones (excluding diaryl/α,β-unsaturated/α-hetero) is 1. The van der Waals surface area contributed by atoms with E-state index in [1.807, 2.05) is 6.08 Å². The monoisotopic (exact) mass is 149 g/mol. The van der Waals surface area contributed by atoms with Crippen molar-refractivity contribution in [3.8, 4) is 6.07 Å². The van der Waals surface area contributed by atoms with E-state index in [9.17, 15) is 4.79 Å². The van der Waals surface area contributed by atoms with Crippen LogP contribution in [0.5, 0.6) is 0 Å². The zero-order valence-electron chi connectivity index (χ0n) is 6.63. The second-order valence-corrected chi connectivity index (χ2v) is 2.92. The molecule has 2 nitrogen and oxygen atoms in total. The molecule has 0 aromatic heterocycles. The molecule has 0 saturated heterocycles. The lowest BCUT2D eigenvalue weighted by Crippen LogP contribution is -2.13. The Morgan fingerprint density at radius 1 is 1.82 bits per heavy atom. The highest BCUT2D eigenvalue weighted by molar-refractivity contribution is 5.78. The van der Waals surface area contributed by atoms with Crippen LogP contribution in [0.25, 0.3) is 0 Å². The summed E-state index contributed by atoms with van der Waals surface area (Å²) < 4.78 is 0. The van der Waals surface area contributed by atoms with Crippen molar-refractivity contribution in [2.24, 2.45) is 5.92 Å². The standard InChI is InChI=1S/C9H11NO/c1-7(11)9-4-2-8(6-10)3-5-9/h2,9H,3-5H2,1H3/t9-/m1/s1. The van der Waals surface area contributed by atoms with Gasteiger partial charge in [0.1, 0.15) is 5.78 Å². The zero-order valence-corrected chi connectivity index (χ0v) is 6.63. The van der Waals surface area contributed by atoms with Gasteiger partial charge in [0.25, 0.3) is 0 Å². The molecular formula is C9H11NO. The number of allylic oxidation sites excluding steroid dienone is 2. The first-order valence-corrected chi connectivity index (χ1v) is 3.83. The first-order valence-electron chi connectivity index (χ1n) is 3.83. The predicted octanol–water partition coefficient (Wildman–Crippen LogP) is 1.83. The number of carbonyl (C=O) groups is 1. The molecule has 11 heavy (non-hydrogen) atoms. The molecular weight excluding hydrogens is 138 g/mol. The summed E-state index contributed by atoms with van der Waals surface area (Å²) in [7, 11) is 0. The van der Waals surface area contributed by atoms with E-state index in [0.717, 1.165) is 24.8 Å². The molecule has 0 bridgehead atoms. The van der Waals surface area contributed by atoms with Crippen molar-refractivity contribution in [3.63, 3.8) is 0 Å². The SMILES string of the molecule is CC(=O)[C@@H]1CC=C(C#N)CC1. The highest BCUT2D eigenvalue weighted by Gasteiger charge is 2.17. The minimum absolute atomic E-state index is 0.173. The maximum Gasteiger partial charge on any atom is 0.133 e. The Bertz CT molecular complexity index is 234. The normalized spacial score (nSPS) is 23.6. The number of rotatable bonds is 1. The van der Waals surface area contributed by atoms with Crippen LogP contribution < -0.4 is 0 Å². The molecule has 0 aromatic rings. The molecule has 1 aliphatic rings. The summed E-state index contributed by atoms with van der Waals surface area (Å²) in [4.78, 5) is 10.9. The van der Waals surface area contributed by atoms with Gasteiger partial charge in [-0.1, -0.05) is 6.08 Å². The largest absolute Gasteiger partial charge is 0.300 e. The molecule has 0 saturated carbocycles. The quantitative estimate of drug-likeness (QED) is 0.570. The third kappa shape index (κ3) is 1.91. The van der Waals surface area contributed by atoms with Crippen molar-refractivity contribution in [2.75, 3.05) is 0 Å². The van der Waals surface area contributed by atoms with Crippen molar-refractivity contribution in [1.29, 1.82) is 5.26 Å². The Morgan fingerprint density at radius 2 is 2.55 bits per heavy atom. The van der Waals surface area contributed by atoms with Gasteiger partial charge >= 0.3 is 0 Å². The second-order valence-electron chi connectivity index (χ2n) is 2.92. The summed E-state index contributed by atoms with van der Waals surface area (Å²) >= 11 is 0. The van der Waals surface area contributed by atoms with Crippen molar-refractivity contribution < 1.29 is 4.79 Å². The number of carbonyl (C=O) groups excluding carboxylic acids is 1. The molecule has 0 radical (unpaired) electrons. The number of hydrogen-bond donors (Lipinski definition) is 0. The van der Waals surface area contributed by atoms with Gasteiger partial charge in [0, 0.05) is 11.5 Å². The van der Waals surface area contributed by atoms with Gasteiger partial charge in [-0.25, -0.2) is 0 Å². The summed E-state index contributed by atoms with van der Waals surface area (Å²) in [6, 6.07) is 2.11. The van der Waals surface area contributed by atoms with E-state index in [1.54, 1.807) is 6.92 Å². The van der Waals surface area contributed by atoms with Gasteiger partial charge in [0.2, 0.25) is 0 Å². The van der Waals surface area contributed by atoms with Gasteiger partial charge < -0.3 is 0 Å². The van der Waals surface area contributed by atoms with Crippen LogP contribution in [0, 0.1) is 17.2 Å². The van der Waals surface area contributed by atoms with Crippen LogP contribution in [0.1, 0.15) is 26.2 Å². The van der Waals surface area contributed by atoms with Gasteiger partial charge in [0.15, 0.2) is 0 Å². The average molecular weight is 149 g/mol. The first-order chi connectivity index (χ1) is 5.24. The van der Waals surface area contributed by atoms with Crippen molar-refractivity contribution in [2.45, 2.75) is 26.2 Å². The molecule has 1 atom stereocenters. The molecule has 0 aliphatic heterocycles. The summed E-state index contributed by atoms with van der Waals surface area (Å²) in [5, 5.41) is 8.51. The van der Waals surface area contributed by atoms with Crippen LogP contribution >= 0.6 is 0 Å². The van der Waals surface area contributed by atoms with E-state index in [2.05, 4.69) is 6.07 Å². The summed E-state index contributed by atoms with van der Waals surface area (Å²) in [6.45, 7) is 1.62. The van der Waals surface area contributed by atoms with Crippen molar-refractivity contribution >= 4 is 5.78 Å². The van der Waals surface area contributed by atoms with Crippen LogP contribution in [0.15, 0.2) is 11.6 Å². The fourth-order valence-corrected chi connectivity index (χ4v) is 1.30. The van der Waals surface area contributed by atoms with Gasteiger partial charge in [-0.05, 0) is 26.2 Å². The lowest BCUT2D eigenvalue weighted by Gasteiger charge is -2.15. The molecule has 0 amide bonds. The molecule has 0 N–H and O–H groups in total. The summed E-state index contributed by atoms with van der Waals surface area (Å²) in [5.74, 6) is 0.422. The third-order valence-corrected chi connectivity index (χ3v) is 2.13. The molecule has 0 spiro atoms. The van der Waals surface area contributed by atoms with Crippen molar-refractivity contribution in [3.05, 3.63) is 11.6 Å². The predicted molar refractivity (Wildman–Crippen MR) is 41.7 cm³/mol. The molecule has 2 heteroatoms. The Kier molecular flexibility index (Phi) is 2.43. The smallest absolute Gasteiger partial charge is 0.133 e. The highest BCUT2D eigenvalue weighted by Crippen LogP contribution is 2.23. The summed E-state index contributed by atoms with van der Waals surface area (Å²) in [5.41, 5.74) is 0.836. The van der Waals surface area contributed by atoms with E-state index in [1.165, 1.54) is 0 Å². The number of hydrogen-bond acceptors (Lipinski definition) is 2. The minimum Gasteiger partial charge on any atom is -0.300 e. The fourth-order valence-electron chi connectivity index (χ4n) is 1.30. The van der Waals surface area contributed by atoms with Crippen LogP contribution in [-0.2, 0) is 4.79 Å². The molecule has 1 aliphatic carbocycles. The second kappa shape index (κ2) is 3.34. The number of nitrogens with zero attached hydrogens (tertiary/aromatic N) is 1. The molecule has 0 heterocycles. The number of ketones is 1. The van der Waals surface area contributed by atoms with Crippen LogP contribution in [0.3, 0.4) is 0 Å². The fraction of sp³-hybridized carbons (Fsp3) is 0.556. The Hall–Kier alpha value is -1.10. The maximum absolute atomic E-state index is 10.9. The maximum atomic E-state index is 10.9. The Balaban J connectivity index is 2.56. The molecule has 0 fully saturated rings.